The second kappa shape index (κ2) is 21.0. The molecule has 20 rings (SSSR count). The van der Waals surface area contributed by atoms with Gasteiger partial charge < -0.3 is 29.2 Å². The van der Waals surface area contributed by atoms with Gasteiger partial charge in [-0.05, 0) is 160 Å². The molecule has 0 radical (unpaired) electrons. The van der Waals surface area contributed by atoms with Gasteiger partial charge in [0.05, 0.1) is 22.7 Å². The third-order valence-electron chi connectivity index (χ3n) is 19.6. The standard InChI is InChI=1S/C84H53B2N5OS2/c1-6-26-54(27-7-1)87(55-28-8-2-9-29-55)59-48-72-83-73(49-59)90(58-34-14-5-15-35-58)71-53-75-66(52-65(71)85(83)63-38-18-20-40-67(63)89(72)57-32-12-4-13-33-57)86-64-39-19-21-41-68(64)91(70-43-25-47-80-82(70)62-37-17-23-45-78(62)94-80)74-50-60(51-76(92-75)84(74)86)88(56-30-10-3-11-31-56)69-42-24-46-79-81(69)61-36-16-22-44-77(61)93-79/h1-53H. The molecule has 94 heavy (non-hydrogen) atoms. The van der Waals surface area contributed by atoms with Gasteiger partial charge in [-0.25, -0.2) is 0 Å². The Morgan fingerprint density at radius 2 is 0.702 bits per heavy atom. The number of hydrogen-bond donors (Lipinski definition) is 0. The van der Waals surface area contributed by atoms with E-state index in [0.29, 0.717) is 0 Å². The van der Waals surface area contributed by atoms with E-state index in [4.69, 9.17) is 4.74 Å². The van der Waals surface area contributed by atoms with E-state index in [-0.39, 0.29) is 13.4 Å². The van der Waals surface area contributed by atoms with Crippen molar-refractivity contribution < 1.29 is 4.74 Å². The highest BCUT2D eigenvalue weighted by molar-refractivity contribution is 7.26. The third kappa shape index (κ3) is 7.97. The van der Waals surface area contributed by atoms with E-state index in [1.54, 1.807) is 0 Å². The molecule has 6 heterocycles. The van der Waals surface area contributed by atoms with Gasteiger partial charge in [0, 0.05) is 115 Å². The molecule has 0 spiro atoms. The van der Waals surface area contributed by atoms with Crippen molar-refractivity contribution in [2.45, 2.75) is 0 Å². The molecule has 0 amide bonds. The lowest BCUT2D eigenvalue weighted by molar-refractivity contribution is 0.488. The van der Waals surface area contributed by atoms with Crippen LogP contribution in [0.5, 0.6) is 11.5 Å². The lowest BCUT2D eigenvalue weighted by Crippen LogP contribution is -2.64. The van der Waals surface area contributed by atoms with E-state index >= 15 is 0 Å². The Morgan fingerprint density at radius 3 is 1.31 bits per heavy atom. The SMILES string of the molecule is c1ccc(N(c2ccccc2)c2cc3c4c(c2)N(c2ccccc2)c2cc5c(cc2B4c2ccccc2N3c2ccccc2)B2c3ccccc3N(c3cccc4sc6ccccc6c34)c3cc(N(c4ccccc4)c4cccc6sc7ccccc7c46)cc(c32)O5)cc1. The Hall–Kier alpha value is -11.6. The van der Waals surface area contributed by atoms with Crippen LogP contribution in [0.15, 0.2) is 322 Å². The first-order chi connectivity index (χ1) is 46.7. The quantitative estimate of drug-likeness (QED) is 0.134. The van der Waals surface area contributed by atoms with Crippen molar-refractivity contribution in [2.75, 3.05) is 24.5 Å². The van der Waals surface area contributed by atoms with Crippen molar-refractivity contribution >= 4 is 195 Å². The fourth-order valence-corrected chi connectivity index (χ4v) is 18.1. The summed E-state index contributed by atoms with van der Waals surface area (Å²) >= 11 is 3.71. The molecule has 438 valence electrons. The van der Waals surface area contributed by atoms with E-state index in [2.05, 4.69) is 346 Å². The number of para-hydroxylation sites is 7. The first-order valence-electron chi connectivity index (χ1n) is 32.1. The van der Waals surface area contributed by atoms with Gasteiger partial charge in [0.15, 0.2) is 0 Å². The van der Waals surface area contributed by atoms with Gasteiger partial charge in [0.2, 0.25) is 0 Å². The van der Waals surface area contributed by atoms with Crippen molar-refractivity contribution in [3.63, 3.8) is 0 Å². The number of fused-ring (bicyclic) bond motifs is 14. The molecule has 14 aromatic carbocycles. The first kappa shape index (κ1) is 53.1. The fraction of sp³-hybridized carbons (Fsp3) is 0. The van der Waals surface area contributed by atoms with Crippen LogP contribution in [0.3, 0.4) is 0 Å². The maximum Gasteiger partial charge on any atom is 0.256 e. The highest BCUT2D eigenvalue weighted by Gasteiger charge is 2.48. The second-order valence-corrected chi connectivity index (χ2v) is 26.8. The Kier molecular flexibility index (Phi) is 11.9. The molecular weight excluding hydrogens is 1180 g/mol. The van der Waals surface area contributed by atoms with Crippen LogP contribution in [-0.4, -0.2) is 13.4 Å². The van der Waals surface area contributed by atoms with E-state index in [0.717, 1.165) is 108 Å². The molecule has 0 saturated heterocycles. The van der Waals surface area contributed by atoms with Crippen molar-refractivity contribution in [1.29, 1.82) is 0 Å². The summed E-state index contributed by atoms with van der Waals surface area (Å²) in [5.41, 5.74) is 23.5. The molecule has 0 unspecified atom stereocenters. The van der Waals surface area contributed by atoms with E-state index in [1.807, 2.05) is 22.7 Å². The van der Waals surface area contributed by atoms with Gasteiger partial charge in [-0.3, -0.25) is 0 Å². The van der Waals surface area contributed by atoms with Crippen LogP contribution < -0.4 is 62.0 Å². The monoisotopic (exact) mass is 1230 g/mol. The van der Waals surface area contributed by atoms with Crippen molar-refractivity contribution in [3.8, 4) is 11.5 Å². The molecule has 0 N–H and O–H groups in total. The molecule has 6 nitrogen and oxygen atoms in total. The molecule has 0 saturated carbocycles. The van der Waals surface area contributed by atoms with E-state index < -0.39 is 0 Å². The zero-order valence-electron chi connectivity index (χ0n) is 50.7. The van der Waals surface area contributed by atoms with E-state index in [1.165, 1.54) is 62.2 Å². The van der Waals surface area contributed by atoms with Crippen molar-refractivity contribution in [2.24, 2.45) is 0 Å². The molecule has 0 bridgehead atoms. The Morgan fingerprint density at radius 1 is 0.266 bits per heavy atom. The van der Waals surface area contributed by atoms with Crippen molar-refractivity contribution in [3.05, 3.63) is 322 Å². The Labute approximate surface area is 553 Å². The molecule has 0 fully saturated rings. The molecule has 2 aromatic heterocycles. The van der Waals surface area contributed by atoms with Gasteiger partial charge in [-0.15, -0.1) is 22.7 Å². The lowest BCUT2D eigenvalue weighted by atomic mass is 9.30. The highest BCUT2D eigenvalue weighted by Crippen LogP contribution is 2.53. The largest absolute Gasteiger partial charge is 0.458 e. The maximum absolute atomic E-state index is 7.95. The van der Waals surface area contributed by atoms with Crippen LogP contribution in [0, 0.1) is 0 Å². The van der Waals surface area contributed by atoms with Crippen LogP contribution in [-0.2, 0) is 0 Å². The summed E-state index contributed by atoms with van der Waals surface area (Å²) in [5.74, 6) is 1.65. The van der Waals surface area contributed by atoms with Crippen LogP contribution in [0.1, 0.15) is 0 Å². The van der Waals surface area contributed by atoms with Gasteiger partial charge >= 0.3 is 0 Å². The van der Waals surface area contributed by atoms with Gasteiger partial charge in [-0.1, -0.05) is 182 Å². The summed E-state index contributed by atoms with van der Waals surface area (Å²) in [6, 6.07) is 119. The zero-order chi connectivity index (χ0) is 61.5. The second-order valence-electron chi connectivity index (χ2n) is 24.7. The van der Waals surface area contributed by atoms with Crippen LogP contribution in [0.25, 0.3) is 40.3 Å². The molecular formula is C84H53B2N5OS2. The average Bonchev–Trinajstić information content (AvgIpc) is 0.829. The van der Waals surface area contributed by atoms with E-state index in [9.17, 15) is 0 Å². The lowest BCUT2D eigenvalue weighted by Gasteiger charge is -2.46. The number of ether oxygens (including phenoxy) is 1. The summed E-state index contributed by atoms with van der Waals surface area (Å²) in [6.45, 7) is -0.387. The van der Waals surface area contributed by atoms with Crippen LogP contribution in [0.4, 0.5) is 85.3 Å². The number of hydrogen-bond acceptors (Lipinski definition) is 8. The first-order valence-corrected chi connectivity index (χ1v) is 33.8. The average molecular weight is 1230 g/mol. The number of nitrogens with zero attached hydrogens (tertiary/aromatic N) is 5. The van der Waals surface area contributed by atoms with Gasteiger partial charge in [0.1, 0.15) is 11.5 Å². The topological polar surface area (TPSA) is 25.4 Å². The predicted molar refractivity (Wildman–Crippen MR) is 401 cm³/mol. The highest BCUT2D eigenvalue weighted by atomic mass is 32.1. The van der Waals surface area contributed by atoms with Crippen molar-refractivity contribution in [1.82, 2.24) is 0 Å². The molecule has 4 aliphatic heterocycles. The number of thiophene rings is 2. The van der Waals surface area contributed by atoms with Gasteiger partial charge in [0.25, 0.3) is 13.4 Å². The molecule has 10 heteroatoms. The fourth-order valence-electron chi connectivity index (χ4n) is 15.8. The normalized spacial score (nSPS) is 13.1. The summed E-state index contributed by atoms with van der Waals surface area (Å²) in [4.78, 5) is 12.5. The molecule has 0 atom stereocenters. The molecule has 4 aliphatic rings. The minimum absolute atomic E-state index is 0.171. The van der Waals surface area contributed by atoms with Gasteiger partial charge in [-0.2, -0.15) is 0 Å². The summed E-state index contributed by atoms with van der Waals surface area (Å²) in [5, 5.41) is 4.96. The zero-order valence-corrected chi connectivity index (χ0v) is 52.3. The maximum atomic E-state index is 7.95. The minimum Gasteiger partial charge on any atom is -0.458 e. The predicted octanol–water partition coefficient (Wildman–Crippen LogP) is 19.8. The number of anilines is 15. The Bertz CT molecular complexity index is 5690. The van der Waals surface area contributed by atoms with Crippen LogP contribution in [0.2, 0.25) is 0 Å². The molecule has 16 aromatic rings. The minimum atomic E-state index is -0.216. The number of rotatable bonds is 9. The number of benzene rings is 14. The molecule has 0 aliphatic carbocycles. The summed E-state index contributed by atoms with van der Waals surface area (Å²) in [6.07, 6.45) is 0. The van der Waals surface area contributed by atoms with Crippen LogP contribution >= 0.6 is 22.7 Å². The smallest absolute Gasteiger partial charge is 0.256 e. The summed E-state index contributed by atoms with van der Waals surface area (Å²) in [7, 11) is 0. The Balaban J connectivity index is 0.875. The summed E-state index contributed by atoms with van der Waals surface area (Å²) < 4.78 is 13.0. The third-order valence-corrected chi connectivity index (χ3v) is 21.8.